The Hall–Kier alpha value is -1.33. The summed E-state index contributed by atoms with van der Waals surface area (Å²) in [6.07, 6.45) is 2.90. The first-order valence-electron chi connectivity index (χ1n) is 5.54. The predicted octanol–water partition coefficient (Wildman–Crippen LogP) is 2.54. The minimum atomic E-state index is -0.436. The van der Waals surface area contributed by atoms with E-state index in [1.54, 1.807) is 12.1 Å². The number of anilines is 1. The molecule has 1 aromatic rings. The highest BCUT2D eigenvalue weighted by molar-refractivity contribution is 6.33. The van der Waals surface area contributed by atoms with Crippen LogP contribution in [0.5, 0.6) is 0 Å². The molecule has 0 saturated heterocycles. The molecule has 2 rings (SSSR count). The maximum atomic E-state index is 10.9. The highest BCUT2D eigenvalue weighted by atomic mass is 35.5. The van der Waals surface area contributed by atoms with Gasteiger partial charge in [-0.2, -0.15) is 0 Å². The van der Waals surface area contributed by atoms with Gasteiger partial charge in [0.1, 0.15) is 5.69 Å². The molecular formula is C11H14ClN3O2. The molecule has 1 fully saturated rings. The fraction of sp³-hybridized carbons (Fsp3) is 0.455. The van der Waals surface area contributed by atoms with Crippen molar-refractivity contribution >= 4 is 23.0 Å². The third-order valence-corrected chi connectivity index (χ3v) is 3.40. The first kappa shape index (κ1) is 12.1. The summed E-state index contributed by atoms with van der Waals surface area (Å²) in [5, 5.41) is 14.4. The second-order valence-corrected chi connectivity index (χ2v) is 4.64. The van der Waals surface area contributed by atoms with Crippen molar-refractivity contribution in [2.75, 3.05) is 5.32 Å². The van der Waals surface area contributed by atoms with Crippen LogP contribution in [0.25, 0.3) is 0 Å². The van der Waals surface area contributed by atoms with Gasteiger partial charge in [-0.05, 0) is 25.3 Å². The fourth-order valence-electron chi connectivity index (χ4n) is 2.16. The molecule has 2 atom stereocenters. The van der Waals surface area contributed by atoms with Crippen LogP contribution >= 0.6 is 11.6 Å². The monoisotopic (exact) mass is 255 g/mol. The molecule has 17 heavy (non-hydrogen) atoms. The molecule has 0 spiro atoms. The average molecular weight is 256 g/mol. The topological polar surface area (TPSA) is 81.2 Å². The van der Waals surface area contributed by atoms with Crippen LogP contribution in [-0.4, -0.2) is 17.0 Å². The number of nitrogens with zero attached hydrogens (tertiary/aromatic N) is 1. The van der Waals surface area contributed by atoms with E-state index in [1.807, 2.05) is 0 Å². The number of benzene rings is 1. The maximum absolute atomic E-state index is 10.9. The van der Waals surface area contributed by atoms with Gasteiger partial charge in [-0.1, -0.05) is 17.7 Å². The molecule has 3 N–H and O–H groups in total. The smallest absolute Gasteiger partial charge is 0.293 e. The number of nitro groups is 1. The quantitative estimate of drug-likeness (QED) is 0.642. The van der Waals surface area contributed by atoms with Crippen molar-refractivity contribution in [3.8, 4) is 0 Å². The Labute approximate surface area is 104 Å². The maximum Gasteiger partial charge on any atom is 0.293 e. The molecule has 6 heteroatoms. The van der Waals surface area contributed by atoms with Gasteiger partial charge in [-0.15, -0.1) is 0 Å². The van der Waals surface area contributed by atoms with E-state index in [0.717, 1.165) is 19.3 Å². The van der Waals surface area contributed by atoms with Crippen molar-refractivity contribution in [1.82, 2.24) is 0 Å². The third-order valence-electron chi connectivity index (χ3n) is 3.09. The molecule has 0 aliphatic heterocycles. The molecule has 1 aliphatic rings. The van der Waals surface area contributed by atoms with E-state index in [0.29, 0.717) is 10.7 Å². The number of nitro benzene ring substituents is 1. The molecule has 1 saturated carbocycles. The summed E-state index contributed by atoms with van der Waals surface area (Å²) >= 11 is 5.99. The Morgan fingerprint density at radius 1 is 1.47 bits per heavy atom. The van der Waals surface area contributed by atoms with Crippen LogP contribution in [0, 0.1) is 10.1 Å². The van der Waals surface area contributed by atoms with Crippen LogP contribution in [-0.2, 0) is 0 Å². The first-order chi connectivity index (χ1) is 8.09. The zero-order valence-electron chi connectivity index (χ0n) is 9.23. The van der Waals surface area contributed by atoms with E-state index in [4.69, 9.17) is 17.3 Å². The number of hydrogen-bond donors (Lipinski definition) is 2. The molecule has 0 bridgehead atoms. The highest BCUT2D eigenvalue weighted by Gasteiger charge is 2.27. The van der Waals surface area contributed by atoms with Crippen LogP contribution in [0.2, 0.25) is 5.02 Å². The molecule has 0 radical (unpaired) electrons. The summed E-state index contributed by atoms with van der Waals surface area (Å²) in [7, 11) is 0. The van der Waals surface area contributed by atoms with E-state index in [1.165, 1.54) is 6.07 Å². The van der Waals surface area contributed by atoms with E-state index < -0.39 is 4.92 Å². The van der Waals surface area contributed by atoms with E-state index in [-0.39, 0.29) is 17.8 Å². The van der Waals surface area contributed by atoms with Crippen molar-refractivity contribution in [1.29, 1.82) is 0 Å². The zero-order valence-corrected chi connectivity index (χ0v) is 9.98. The molecular weight excluding hydrogens is 242 g/mol. The van der Waals surface area contributed by atoms with Gasteiger partial charge in [0, 0.05) is 18.2 Å². The van der Waals surface area contributed by atoms with Crippen LogP contribution in [0.4, 0.5) is 11.4 Å². The lowest BCUT2D eigenvalue weighted by atomic mass is 10.1. The Bertz CT molecular complexity index is 439. The van der Waals surface area contributed by atoms with Crippen molar-refractivity contribution in [2.24, 2.45) is 5.73 Å². The van der Waals surface area contributed by atoms with Crippen molar-refractivity contribution in [3.63, 3.8) is 0 Å². The molecule has 5 nitrogen and oxygen atoms in total. The minimum Gasteiger partial charge on any atom is -0.374 e. The van der Waals surface area contributed by atoms with E-state index in [9.17, 15) is 10.1 Å². The van der Waals surface area contributed by atoms with E-state index in [2.05, 4.69) is 5.32 Å². The Kier molecular flexibility index (Phi) is 3.49. The normalized spacial score (nSPS) is 23.6. The van der Waals surface area contributed by atoms with Gasteiger partial charge in [-0.3, -0.25) is 10.1 Å². The minimum absolute atomic E-state index is 0.00315. The predicted molar refractivity (Wildman–Crippen MR) is 67.3 cm³/mol. The Morgan fingerprint density at radius 3 is 2.82 bits per heavy atom. The summed E-state index contributed by atoms with van der Waals surface area (Å²) in [5.41, 5.74) is 6.30. The van der Waals surface area contributed by atoms with Gasteiger partial charge in [0.25, 0.3) is 5.69 Å². The molecule has 1 aromatic carbocycles. The molecule has 0 aromatic heterocycles. The number of hydrogen-bond acceptors (Lipinski definition) is 4. The van der Waals surface area contributed by atoms with Gasteiger partial charge in [0.15, 0.2) is 0 Å². The van der Waals surface area contributed by atoms with Crippen molar-refractivity contribution < 1.29 is 4.92 Å². The van der Waals surface area contributed by atoms with Gasteiger partial charge >= 0.3 is 0 Å². The molecule has 92 valence electrons. The Balaban J connectivity index is 2.27. The summed E-state index contributed by atoms with van der Waals surface area (Å²) < 4.78 is 0. The first-order valence-corrected chi connectivity index (χ1v) is 5.92. The number of para-hydroxylation sites is 1. The van der Waals surface area contributed by atoms with Crippen LogP contribution in [0.3, 0.4) is 0 Å². The molecule has 1 aliphatic carbocycles. The number of nitrogens with two attached hydrogens (primary N) is 1. The van der Waals surface area contributed by atoms with Crippen molar-refractivity contribution in [3.05, 3.63) is 33.3 Å². The number of halogens is 1. The van der Waals surface area contributed by atoms with Crippen molar-refractivity contribution in [2.45, 2.75) is 31.3 Å². The number of nitrogens with one attached hydrogen (secondary N) is 1. The standard InChI is InChI=1S/C11H14ClN3O2/c12-7-3-1-6-10(15(16)17)11(7)14-9-5-2-4-8(9)13/h1,3,6,8-9,14H,2,4-5,13H2. The summed E-state index contributed by atoms with van der Waals surface area (Å²) in [6.45, 7) is 0. The summed E-state index contributed by atoms with van der Waals surface area (Å²) in [5.74, 6) is 0. The third kappa shape index (κ3) is 2.50. The van der Waals surface area contributed by atoms with Gasteiger partial charge in [-0.25, -0.2) is 0 Å². The SMILES string of the molecule is NC1CCCC1Nc1c(Cl)cccc1[N+](=O)[O-]. The zero-order chi connectivity index (χ0) is 12.4. The lowest BCUT2D eigenvalue weighted by molar-refractivity contribution is -0.384. The van der Waals surface area contributed by atoms with Gasteiger partial charge in [0.05, 0.1) is 9.95 Å². The Morgan fingerprint density at radius 2 is 2.24 bits per heavy atom. The van der Waals surface area contributed by atoms with E-state index >= 15 is 0 Å². The second-order valence-electron chi connectivity index (χ2n) is 4.24. The number of rotatable bonds is 3. The largest absolute Gasteiger partial charge is 0.374 e. The molecule has 2 unspecified atom stereocenters. The van der Waals surface area contributed by atoms with Crippen LogP contribution in [0.15, 0.2) is 18.2 Å². The molecule has 0 amide bonds. The van der Waals surface area contributed by atoms with Gasteiger partial charge in [0.2, 0.25) is 0 Å². The summed E-state index contributed by atoms with van der Waals surface area (Å²) in [4.78, 5) is 10.5. The lowest BCUT2D eigenvalue weighted by Gasteiger charge is -2.19. The van der Waals surface area contributed by atoms with Crippen LogP contribution in [0.1, 0.15) is 19.3 Å². The highest BCUT2D eigenvalue weighted by Crippen LogP contribution is 2.34. The molecule has 0 heterocycles. The average Bonchev–Trinajstić information content (AvgIpc) is 2.67. The lowest BCUT2D eigenvalue weighted by Crippen LogP contribution is -2.35. The second kappa shape index (κ2) is 4.89. The summed E-state index contributed by atoms with van der Waals surface area (Å²) in [6, 6.07) is 4.74. The van der Waals surface area contributed by atoms with Crippen LogP contribution < -0.4 is 11.1 Å². The van der Waals surface area contributed by atoms with Gasteiger partial charge < -0.3 is 11.1 Å². The fourth-order valence-corrected chi connectivity index (χ4v) is 2.39.